The van der Waals surface area contributed by atoms with E-state index in [-0.39, 0.29) is 11.1 Å². The maximum Gasteiger partial charge on any atom is 0.260 e. The molecule has 8 heteroatoms. The summed E-state index contributed by atoms with van der Waals surface area (Å²) in [5.41, 5.74) is 1.45. The number of aromatic amines is 1. The van der Waals surface area contributed by atoms with Gasteiger partial charge in [-0.2, -0.15) is 16.9 Å². The minimum Gasteiger partial charge on any atom is -0.316 e. The van der Waals surface area contributed by atoms with Gasteiger partial charge >= 0.3 is 0 Å². The van der Waals surface area contributed by atoms with Crippen LogP contribution < -0.4 is 10.0 Å². The number of rotatable bonds is 7. The van der Waals surface area contributed by atoms with E-state index in [9.17, 15) is 8.42 Å². The van der Waals surface area contributed by atoms with Crippen molar-refractivity contribution in [3.8, 4) is 0 Å². The molecule has 1 atom stereocenters. The van der Waals surface area contributed by atoms with Crippen LogP contribution in [0.15, 0.2) is 5.03 Å². The lowest BCUT2D eigenvalue weighted by atomic mass is 10.3. The summed E-state index contributed by atoms with van der Waals surface area (Å²) < 4.78 is 27.0. The molecular formula is C10H20N4O2S2. The van der Waals surface area contributed by atoms with Gasteiger partial charge in [0, 0.05) is 29.6 Å². The predicted molar refractivity (Wildman–Crippen MR) is 74.3 cm³/mol. The van der Waals surface area contributed by atoms with Gasteiger partial charge in [0.15, 0.2) is 5.03 Å². The fraction of sp³-hybridized carbons (Fsp3) is 0.700. The van der Waals surface area contributed by atoms with Gasteiger partial charge in [0.2, 0.25) is 0 Å². The molecule has 1 aromatic rings. The molecular weight excluding hydrogens is 272 g/mol. The highest BCUT2D eigenvalue weighted by molar-refractivity contribution is 7.98. The van der Waals surface area contributed by atoms with Gasteiger partial charge in [-0.05, 0) is 27.2 Å². The Morgan fingerprint density at radius 1 is 1.50 bits per heavy atom. The fourth-order valence-electron chi connectivity index (χ4n) is 1.64. The molecule has 104 valence electrons. The highest BCUT2D eigenvalue weighted by Gasteiger charge is 2.24. The maximum atomic E-state index is 12.2. The van der Waals surface area contributed by atoms with Crippen LogP contribution in [-0.4, -0.2) is 43.7 Å². The van der Waals surface area contributed by atoms with Crippen LogP contribution in [0.1, 0.15) is 18.2 Å². The second-order valence-electron chi connectivity index (χ2n) is 4.14. The zero-order valence-electron chi connectivity index (χ0n) is 11.1. The number of nitrogens with zero attached hydrogens (tertiary/aromatic N) is 1. The third-order valence-corrected chi connectivity index (χ3v) is 4.81. The Labute approximate surface area is 112 Å². The zero-order valence-corrected chi connectivity index (χ0v) is 12.7. The Hall–Kier alpha value is -0.570. The van der Waals surface area contributed by atoms with Gasteiger partial charge in [-0.1, -0.05) is 0 Å². The molecule has 0 amide bonds. The number of hydrogen-bond acceptors (Lipinski definition) is 5. The average Bonchev–Trinajstić information content (AvgIpc) is 2.61. The second-order valence-corrected chi connectivity index (χ2v) is 6.68. The molecule has 0 aromatic carbocycles. The summed E-state index contributed by atoms with van der Waals surface area (Å²) in [7, 11) is -1.79. The largest absolute Gasteiger partial charge is 0.316 e. The van der Waals surface area contributed by atoms with Gasteiger partial charge < -0.3 is 5.32 Å². The lowest BCUT2D eigenvalue weighted by Crippen LogP contribution is -2.35. The van der Waals surface area contributed by atoms with Crippen LogP contribution in [0.5, 0.6) is 0 Å². The number of aryl methyl sites for hydroxylation is 1. The predicted octanol–water partition coefficient (Wildman–Crippen LogP) is 0.467. The molecule has 1 heterocycles. The molecule has 0 aliphatic rings. The van der Waals surface area contributed by atoms with Gasteiger partial charge in [0.25, 0.3) is 10.0 Å². The molecule has 1 unspecified atom stereocenters. The average molecular weight is 292 g/mol. The number of hydrogen-bond donors (Lipinski definition) is 3. The first-order chi connectivity index (χ1) is 8.42. The van der Waals surface area contributed by atoms with E-state index in [4.69, 9.17) is 0 Å². The number of nitrogens with one attached hydrogen (secondary N) is 3. The maximum absolute atomic E-state index is 12.2. The van der Waals surface area contributed by atoms with E-state index < -0.39 is 10.0 Å². The van der Waals surface area contributed by atoms with Crippen molar-refractivity contribution in [2.24, 2.45) is 0 Å². The Morgan fingerprint density at radius 2 is 2.17 bits per heavy atom. The van der Waals surface area contributed by atoms with E-state index in [1.807, 2.05) is 20.1 Å². The van der Waals surface area contributed by atoms with Crippen LogP contribution in [0, 0.1) is 6.92 Å². The monoisotopic (exact) mass is 292 g/mol. The van der Waals surface area contributed by atoms with Gasteiger partial charge in [0.1, 0.15) is 0 Å². The van der Waals surface area contributed by atoms with Crippen molar-refractivity contribution in [3.63, 3.8) is 0 Å². The number of aromatic nitrogens is 2. The fourth-order valence-corrected chi connectivity index (χ4v) is 3.77. The van der Waals surface area contributed by atoms with Crippen molar-refractivity contribution in [1.82, 2.24) is 20.2 Å². The lowest BCUT2D eigenvalue weighted by Gasteiger charge is -2.12. The molecule has 1 rings (SSSR count). The zero-order chi connectivity index (χ0) is 13.8. The summed E-state index contributed by atoms with van der Waals surface area (Å²) in [4.78, 5) is 0. The molecule has 18 heavy (non-hydrogen) atoms. The quantitative estimate of drug-likeness (QED) is 0.680. The molecule has 0 spiro atoms. The minimum absolute atomic E-state index is 0.0855. The summed E-state index contributed by atoms with van der Waals surface area (Å²) >= 11 is 1.60. The molecule has 0 radical (unpaired) electrons. The Bertz CT molecular complexity index is 484. The van der Waals surface area contributed by atoms with Crippen LogP contribution >= 0.6 is 11.8 Å². The van der Waals surface area contributed by atoms with Gasteiger partial charge in [-0.3, -0.25) is 5.10 Å². The standard InChI is InChI=1S/C10H20N4O2S2/c1-7(6-17-4)14-18(15,16)10-9(5-11-3)8(2)12-13-10/h7,11,14H,5-6H2,1-4H3,(H,12,13). The number of sulfonamides is 1. The normalized spacial score (nSPS) is 13.8. The van der Waals surface area contributed by atoms with Crippen molar-refractivity contribution < 1.29 is 8.42 Å². The number of thioether (sulfide) groups is 1. The van der Waals surface area contributed by atoms with Gasteiger partial charge in [0.05, 0.1) is 0 Å². The summed E-state index contributed by atoms with van der Waals surface area (Å²) in [6, 6.07) is -0.121. The van der Waals surface area contributed by atoms with Crippen molar-refractivity contribution in [3.05, 3.63) is 11.3 Å². The first kappa shape index (κ1) is 15.5. The molecule has 0 aliphatic heterocycles. The summed E-state index contributed by atoms with van der Waals surface area (Å²) in [5.74, 6) is 0.726. The smallest absolute Gasteiger partial charge is 0.260 e. The van der Waals surface area contributed by atoms with Crippen LogP contribution in [0.2, 0.25) is 0 Å². The molecule has 0 bridgehead atoms. The van der Waals surface area contributed by atoms with E-state index in [2.05, 4.69) is 20.2 Å². The Morgan fingerprint density at radius 3 is 2.72 bits per heavy atom. The first-order valence-corrected chi connectivity index (χ1v) is 8.49. The van der Waals surface area contributed by atoms with Crippen LogP contribution in [-0.2, 0) is 16.6 Å². The lowest BCUT2D eigenvalue weighted by molar-refractivity contribution is 0.565. The van der Waals surface area contributed by atoms with Crippen LogP contribution in [0.4, 0.5) is 0 Å². The van der Waals surface area contributed by atoms with E-state index in [0.29, 0.717) is 12.1 Å². The van der Waals surface area contributed by atoms with Crippen molar-refractivity contribution in [1.29, 1.82) is 0 Å². The summed E-state index contributed by atoms with van der Waals surface area (Å²) in [6.07, 6.45) is 1.94. The van der Waals surface area contributed by atoms with Crippen molar-refractivity contribution in [2.45, 2.75) is 31.5 Å². The van der Waals surface area contributed by atoms with Crippen LogP contribution in [0.25, 0.3) is 0 Å². The summed E-state index contributed by atoms with van der Waals surface area (Å²) in [5, 5.41) is 9.65. The topological polar surface area (TPSA) is 86.9 Å². The molecule has 0 saturated carbocycles. The van der Waals surface area contributed by atoms with Crippen molar-refractivity contribution in [2.75, 3.05) is 19.1 Å². The molecule has 3 N–H and O–H groups in total. The molecule has 0 fully saturated rings. The summed E-state index contributed by atoms with van der Waals surface area (Å²) in [6.45, 7) is 4.12. The van der Waals surface area contributed by atoms with Crippen molar-refractivity contribution >= 4 is 21.8 Å². The van der Waals surface area contributed by atoms with Crippen LogP contribution in [0.3, 0.4) is 0 Å². The first-order valence-electron chi connectivity index (χ1n) is 5.62. The highest BCUT2D eigenvalue weighted by atomic mass is 32.2. The third kappa shape index (κ3) is 3.71. The van der Waals surface area contributed by atoms with E-state index >= 15 is 0 Å². The third-order valence-electron chi connectivity index (χ3n) is 2.42. The van der Waals surface area contributed by atoms with E-state index in [1.165, 1.54) is 0 Å². The van der Waals surface area contributed by atoms with Gasteiger partial charge in [-0.25, -0.2) is 13.1 Å². The minimum atomic E-state index is -3.56. The van der Waals surface area contributed by atoms with E-state index in [1.54, 1.807) is 18.8 Å². The van der Waals surface area contributed by atoms with Gasteiger partial charge in [-0.15, -0.1) is 0 Å². The Kier molecular flexibility index (Phi) is 5.64. The Balaban J connectivity index is 2.98. The second kappa shape index (κ2) is 6.55. The highest BCUT2D eigenvalue weighted by Crippen LogP contribution is 2.16. The SMILES string of the molecule is CNCc1c(S(=O)(=O)NC(C)CSC)n[nH]c1C. The number of H-pyrrole nitrogens is 1. The molecule has 6 nitrogen and oxygen atoms in total. The molecule has 0 saturated heterocycles. The molecule has 1 aromatic heterocycles. The van der Waals surface area contributed by atoms with E-state index in [0.717, 1.165) is 11.4 Å². The molecule has 0 aliphatic carbocycles.